The van der Waals surface area contributed by atoms with Gasteiger partial charge in [0.25, 0.3) is 0 Å². The summed E-state index contributed by atoms with van der Waals surface area (Å²) in [6.07, 6.45) is 5.18. The minimum Gasteiger partial charge on any atom is -0.494 e. The molecule has 0 spiro atoms. The first-order chi connectivity index (χ1) is 11.7. The lowest BCUT2D eigenvalue weighted by Gasteiger charge is -2.35. The van der Waals surface area contributed by atoms with Crippen molar-refractivity contribution in [2.24, 2.45) is 0 Å². The second-order valence-corrected chi connectivity index (χ2v) is 6.08. The molecule has 6 heteroatoms. The number of aromatic nitrogens is 2. The molecule has 0 amide bonds. The monoisotopic (exact) mass is 327 g/mol. The van der Waals surface area contributed by atoms with Gasteiger partial charge in [-0.05, 0) is 57.4 Å². The van der Waals surface area contributed by atoms with Crippen LogP contribution in [0.25, 0.3) is 0 Å². The Kier molecular flexibility index (Phi) is 5.03. The zero-order chi connectivity index (χ0) is 16.9. The van der Waals surface area contributed by atoms with E-state index < -0.39 is 0 Å². The zero-order valence-corrected chi connectivity index (χ0v) is 14.3. The maximum Gasteiger partial charge on any atom is 0.159 e. The lowest BCUT2D eigenvalue weighted by Crippen LogP contribution is -2.38. The number of nitrogen functional groups attached to an aromatic ring is 1. The van der Waals surface area contributed by atoms with Crippen LogP contribution in [0, 0.1) is 0 Å². The highest BCUT2D eigenvalue weighted by Gasteiger charge is 2.23. The molecule has 1 atom stereocenters. The van der Waals surface area contributed by atoms with Crippen LogP contribution in [-0.4, -0.2) is 29.2 Å². The Morgan fingerprint density at radius 3 is 2.75 bits per heavy atom. The normalized spacial score (nSPS) is 17.6. The molecular formula is C18H25N5O. The van der Waals surface area contributed by atoms with E-state index in [-0.39, 0.29) is 0 Å². The molecule has 0 bridgehead atoms. The number of anilines is 4. The van der Waals surface area contributed by atoms with Crippen LogP contribution in [0.1, 0.15) is 33.1 Å². The molecule has 0 aliphatic carbocycles. The van der Waals surface area contributed by atoms with Gasteiger partial charge in [0.1, 0.15) is 17.8 Å². The molecule has 3 rings (SSSR count). The molecular weight excluding hydrogens is 302 g/mol. The molecule has 1 aliphatic heterocycles. The van der Waals surface area contributed by atoms with Gasteiger partial charge in [0.2, 0.25) is 0 Å². The van der Waals surface area contributed by atoms with Gasteiger partial charge in [0, 0.05) is 18.3 Å². The van der Waals surface area contributed by atoms with Gasteiger partial charge in [-0.2, -0.15) is 0 Å². The second-order valence-electron chi connectivity index (χ2n) is 6.08. The van der Waals surface area contributed by atoms with E-state index in [0.29, 0.717) is 24.2 Å². The Morgan fingerprint density at radius 1 is 1.25 bits per heavy atom. The number of rotatable bonds is 5. The van der Waals surface area contributed by atoms with E-state index in [9.17, 15) is 0 Å². The summed E-state index contributed by atoms with van der Waals surface area (Å²) in [6.45, 7) is 5.84. The van der Waals surface area contributed by atoms with Gasteiger partial charge < -0.3 is 20.7 Å². The summed E-state index contributed by atoms with van der Waals surface area (Å²) in [4.78, 5) is 11.0. The Hall–Kier alpha value is -2.50. The first-order valence-corrected chi connectivity index (χ1v) is 8.56. The van der Waals surface area contributed by atoms with Crippen LogP contribution in [0.4, 0.5) is 23.0 Å². The number of nitrogens with two attached hydrogens (primary N) is 1. The first kappa shape index (κ1) is 16.4. The van der Waals surface area contributed by atoms with Crippen LogP contribution < -0.4 is 20.7 Å². The summed E-state index contributed by atoms with van der Waals surface area (Å²) in [7, 11) is 0. The SMILES string of the molecule is CCOc1ccc(Nc2ncnc(N3CCCCC3C)c2N)cc1. The second kappa shape index (κ2) is 7.38. The molecule has 1 aromatic carbocycles. The average Bonchev–Trinajstić information content (AvgIpc) is 2.59. The standard InChI is InChI=1S/C18H25N5O/c1-3-24-15-9-7-14(8-10-15)22-17-16(19)18(21-12-20-17)23-11-5-4-6-13(23)2/h7-10,12-13H,3-6,11,19H2,1-2H3,(H,20,21,22). The van der Waals surface area contributed by atoms with Crippen LogP contribution >= 0.6 is 0 Å². The van der Waals surface area contributed by atoms with Gasteiger partial charge in [0.05, 0.1) is 6.61 Å². The van der Waals surface area contributed by atoms with Gasteiger partial charge in [-0.15, -0.1) is 0 Å². The minimum absolute atomic E-state index is 0.453. The lowest BCUT2D eigenvalue weighted by atomic mass is 10.0. The highest BCUT2D eigenvalue weighted by Crippen LogP contribution is 2.32. The summed E-state index contributed by atoms with van der Waals surface area (Å²) in [5, 5.41) is 3.28. The Morgan fingerprint density at radius 2 is 2.04 bits per heavy atom. The van der Waals surface area contributed by atoms with E-state index >= 15 is 0 Å². The van der Waals surface area contributed by atoms with Crippen molar-refractivity contribution in [3.8, 4) is 5.75 Å². The Labute approximate surface area is 143 Å². The average molecular weight is 327 g/mol. The van der Waals surface area contributed by atoms with Crippen molar-refractivity contribution in [3.63, 3.8) is 0 Å². The lowest BCUT2D eigenvalue weighted by molar-refractivity contribution is 0.340. The number of hydrogen-bond acceptors (Lipinski definition) is 6. The molecule has 1 aliphatic rings. The summed E-state index contributed by atoms with van der Waals surface area (Å²) in [5.74, 6) is 2.31. The molecule has 3 N–H and O–H groups in total. The number of nitrogens with one attached hydrogen (secondary N) is 1. The fraction of sp³-hybridized carbons (Fsp3) is 0.444. The van der Waals surface area contributed by atoms with Crippen LogP contribution in [0.3, 0.4) is 0 Å². The van der Waals surface area contributed by atoms with Crippen molar-refractivity contribution >= 4 is 23.0 Å². The van der Waals surface area contributed by atoms with Crippen LogP contribution in [0.15, 0.2) is 30.6 Å². The third-order valence-electron chi connectivity index (χ3n) is 4.37. The molecule has 1 fully saturated rings. The maximum atomic E-state index is 6.35. The zero-order valence-electron chi connectivity index (χ0n) is 14.3. The molecule has 1 unspecified atom stereocenters. The smallest absolute Gasteiger partial charge is 0.159 e. The summed E-state index contributed by atoms with van der Waals surface area (Å²) in [6, 6.07) is 8.22. The Bertz CT molecular complexity index is 674. The first-order valence-electron chi connectivity index (χ1n) is 8.56. The predicted octanol–water partition coefficient (Wildman–Crippen LogP) is 3.58. The van der Waals surface area contributed by atoms with Gasteiger partial charge in [-0.3, -0.25) is 0 Å². The van der Waals surface area contributed by atoms with E-state index in [0.717, 1.165) is 23.8 Å². The van der Waals surface area contributed by atoms with Crippen LogP contribution in [0.5, 0.6) is 5.75 Å². The van der Waals surface area contributed by atoms with Crippen molar-refractivity contribution in [2.45, 2.75) is 39.2 Å². The van der Waals surface area contributed by atoms with Crippen molar-refractivity contribution in [3.05, 3.63) is 30.6 Å². The molecule has 2 heterocycles. The van der Waals surface area contributed by atoms with E-state index in [1.54, 1.807) is 6.33 Å². The topological polar surface area (TPSA) is 76.3 Å². The molecule has 24 heavy (non-hydrogen) atoms. The van der Waals surface area contributed by atoms with Gasteiger partial charge in [0.15, 0.2) is 11.6 Å². The van der Waals surface area contributed by atoms with Crippen LogP contribution in [-0.2, 0) is 0 Å². The molecule has 0 saturated carbocycles. The molecule has 1 aromatic heterocycles. The molecule has 6 nitrogen and oxygen atoms in total. The van der Waals surface area contributed by atoms with Crippen LogP contribution in [0.2, 0.25) is 0 Å². The highest BCUT2D eigenvalue weighted by atomic mass is 16.5. The van der Waals surface area contributed by atoms with Gasteiger partial charge in [-0.25, -0.2) is 9.97 Å². The number of nitrogens with zero attached hydrogens (tertiary/aromatic N) is 3. The van der Waals surface area contributed by atoms with Crippen molar-refractivity contribution in [1.82, 2.24) is 9.97 Å². The van der Waals surface area contributed by atoms with Crippen molar-refractivity contribution in [1.29, 1.82) is 0 Å². The third kappa shape index (κ3) is 3.53. The number of ether oxygens (including phenoxy) is 1. The highest BCUT2D eigenvalue weighted by molar-refractivity contribution is 5.78. The molecule has 1 saturated heterocycles. The van der Waals surface area contributed by atoms with Gasteiger partial charge >= 0.3 is 0 Å². The Balaban J connectivity index is 1.80. The fourth-order valence-corrected chi connectivity index (χ4v) is 3.07. The number of piperidine rings is 1. The third-order valence-corrected chi connectivity index (χ3v) is 4.37. The van der Waals surface area contributed by atoms with Crippen molar-refractivity contribution in [2.75, 3.05) is 29.1 Å². The fourth-order valence-electron chi connectivity index (χ4n) is 3.07. The minimum atomic E-state index is 0.453. The van der Waals surface area contributed by atoms with E-state index in [1.165, 1.54) is 19.3 Å². The quantitative estimate of drug-likeness (QED) is 0.874. The molecule has 2 aromatic rings. The summed E-state index contributed by atoms with van der Waals surface area (Å²) < 4.78 is 5.46. The molecule has 0 radical (unpaired) electrons. The van der Waals surface area contributed by atoms with E-state index in [1.807, 2.05) is 31.2 Å². The van der Waals surface area contributed by atoms with E-state index in [2.05, 4.69) is 27.1 Å². The van der Waals surface area contributed by atoms with E-state index in [4.69, 9.17) is 10.5 Å². The largest absolute Gasteiger partial charge is 0.494 e. The number of hydrogen-bond donors (Lipinski definition) is 2. The molecule has 128 valence electrons. The summed E-state index contributed by atoms with van der Waals surface area (Å²) in [5.41, 5.74) is 7.86. The van der Waals surface area contributed by atoms with Gasteiger partial charge in [-0.1, -0.05) is 0 Å². The maximum absolute atomic E-state index is 6.35. The number of benzene rings is 1. The summed E-state index contributed by atoms with van der Waals surface area (Å²) >= 11 is 0. The van der Waals surface area contributed by atoms with Crippen molar-refractivity contribution < 1.29 is 4.74 Å². The predicted molar refractivity (Wildman–Crippen MR) is 98.0 cm³/mol.